The Morgan fingerprint density at radius 2 is 1.95 bits per heavy atom. The molecule has 1 aliphatic carbocycles. The van der Waals surface area contributed by atoms with Crippen LogP contribution in [0.25, 0.3) is 0 Å². The van der Waals surface area contributed by atoms with Gasteiger partial charge in [-0.15, -0.1) is 0 Å². The third-order valence-electron chi connectivity index (χ3n) is 4.76. The molecular formula is C15H26N2O3. The molecule has 114 valence electrons. The van der Waals surface area contributed by atoms with E-state index in [4.69, 9.17) is 0 Å². The highest BCUT2D eigenvalue weighted by atomic mass is 16.4. The van der Waals surface area contributed by atoms with Crippen LogP contribution < -0.4 is 5.32 Å². The van der Waals surface area contributed by atoms with Crippen molar-refractivity contribution in [2.24, 2.45) is 5.92 Å². The van der Waals surface area contributed by atoms with Crippen LogP contribution in [0.4, 0.5) is 0 Å². The van der Waals surface area contributed by atoms with Crippen LogP contribution in [0, 0.1) is 5.92 Å². The Morgan fingerprint density at radius 1 is 1.30 bits per heavy atom. The molecule has 0 aromatic carbocycles. The van der Waals surface area contributed by atoms with Gasteiger partial charge >= 0.3 is 5.97 Å². The zero-order chi connectivity index (χ0) is 14.9. The quantitative estimate of drug-likeness (QED) is 0.822. The third-order valence-corrected chi connectivity index (χ3v) is 4.76. The third kappa shape index (κ3) is 2.68. The van der Waals surface area contributed by atoms with Gasteiger partial charge < -0.3 is 15.3 Å². The molecule has 1 aliphatic heterocycles. The van der Waals surface area contributed by atoms with Crippen LogP contribution in [0.15, 0.2) is 0 Å². The van der Waals surface area contributed by atoms with Crippen LogP contribution in [-0.2, 0) is 9.59 Å². The van der Waals surface area contributed by atoms with Crippen LogP contribution in [-0.4, -0.2) is 46.1 Å². The molecule has 2 fully saturated rings. The lowest BCUT2D eigenvalue weighted by Crippen LogP contribution is -2.58. The highest BCUT2D eigenvalue weighted by Crippen LogP contribution is 2.40. The van der Waals surface area contributed by atoms with E-state index in [1.165, 1.54) is 0 Å². The summed E-state index contributed by atoms with van der Waals surface area (Å²) in [6.45, 7) is 6.33. The van der Waals surface area contributed by atoms with E-state index in [1.807, 2.05) is 20.8 Å². The second-order valence-electron chi connectivity index (χ2n) is 6.57. The van der Waals surface area contributed by atoms with Crippen molar-refractivity contribution in [2.75, 3.05) is 6.54 Å². The Hall–Kier alpha value is -1.10. The largest absolute Gasteiger partial charge is 0.480 e. The van der Waals surface area contributed by atoms with E-state index in [1.54, 1.807) is 4.90 Å². The van der Waals surface area contributed by atoms with Gasteiger partial charge in [-0.05, 0) is 45.6 Å². The Morgan fingerprint density at radius 3 is 2.55 bits per heavy atom. The minimum Gasteiger partial charge on any atom is -0.480 e. The lowest BCUT2D eigenvalue weighted by molar-refractivity contribution is -0.152. The number of fused-ring (bicyclic) bond motifs is 1. The van der Waals surface area contributed by atoms with Gasteiger partial charge in [0.2, 0.25) is 5.91 Å². The highest BCUT2D eigenvalue weighted by Gasteiger charge is 2.50. The molecule has 5 heteroatoms. The zero-order valence-corrected chi connectivity index (χ0v) is 12.7. The average Bonchev–Trinajstić information content (AvgIpc) is 2.77. The van der Waals surface area contributed by atoms with Crippen molar-refractivity contribution in [1.29, 1.82) is 0 Å². The molecule has 1 saturated heterocycles. The predicted molar refractivity (Wildman–Crippen MR) is 76.4 cm³/mol. The van der Waals surface area contributed by atoms with E-state index < -0.39 is 17.6 Å². The number of aliphatic carboxylic acids is 1. The van der Waals surface area contributed by atoms with Crippen molar-refractivity contribution < 1.29 is 14.7 Å². The number of hydrogen-bond acceptors (Lipinski definition) is 3. The van der Waals surface area contributed by atoms with Gasteiger partial charge in [-0.25, -0.2) is 4.79 Å². The number of carboxylic acid groups (broad SMARTS) is 1. The zero-order valence-electron chi connectivity index (χ0n) is 12.7. The maximum atomic E-state index is 12.8. The molecule has 0 bridgehead atoms. The molecule has 0 aromatic rings. The molecule has 3 atom stereocenters. The number of hydrogen-bond donors (Lipinski definition) is 2. The summed E-state index contributed by atoms with van der Waals surface area (Å²) in [5.41, 5.74) is -0.700. The second kappa shape index (κ2) is 5.72. The summed E-state index contributed by atoms with van der Waals surface area (Å²) in [7, 11) is 0. The first-order valence-electron chi connectivity index (χ1n) is 7.69. The minimum absolute atomic E-state index is 0.0684. The van der Waals surface area contributed by atoms with Gasteiger partial charge in [0.05, 0.1) is 5.54 Å². The van der Waals surface area contributed by atoms with Gasteiger partial charge in [-0.2, -0.15) is 0 Å². The molecule has 0 spiro atoms. The number of rotatable bonds is 4. The molecular weight excluding hydrogens is 256 g/mol. The Balaban J connectivity index is 2.25. The van der Waals surface area contributed by atoms with Gasteiger partial charge in [-0.3, -0.25) is 4.79 Å². The number of carbonyl (C=O) groups excluding carboxylic acids is 1. The number of carbonyl (C=O) groups is 2. The summed E-state index contributed by atoms with van der Waals surface area (Å²) < 4.78 is 0. The highest BCUT2D eigenvalue weighted by molar-refractivity contribution is 5.90. The van der Waals surface area contributed by atoms with E-state index in [9.17, 15) is 14.7 Å². The molecule has 5 nitrogen and oxygen atoms in total. The van der Waals surface area contributed by atoms with Gasteiger partial charge in [-0.1, -0.05) is 19.8 Å². The number of likely N-dealkylation sites (N-methyl/N-ethyl adjacent to an activating group) is 1. The first-order chi connectivity index (χ1) is 9.38. The molecule has 1 amide bonds. The van der Waals surface area contributed by atoms with Crippen LogP contribution in [0.3, 0.4) is 0 Å². The Bertz CT molecular complexity index is 395. The lowest BCUT2D eigenvalue weighted by atomic mass is 9.84. The van der Waals surface area contributed by atoms with Gasteiger partial charge in [0.25, 0.3) is 0 Å². The van der Waals surface area contributed by atoms with E-state index in [-0.39, 0.29) is 11.9 Å². The lowest BCUT2D eigenvalue weighted by Gasteiger charge is -2.38. The van der Waals surface area contributed by atoms with Gasteiger partial charge in [0.15, 0.2) is 0 Å². The van der Waals surface area contributed by atoms with Crippen molar-refractivity contribution in [3.05, 3.63) is 0 Å². The summed E-state index contributed by atoms with van der Waals surface area (Å²) in [4.78, 5) is 26.0. The smallest absolute Gasteiger partial charge is 0.326 e. The fourth-order valence-corrected chi connectivity index (χ4v) is 3.81. The average molecular weight is 282 g/mol. The molecule has 1 saturated carbocycles. The summed E-state index contributed by atoms with van der Waals surface area (Å²) in [6.07, 6.45) is 4.88. The van der Waals surface area contributed by atoms with Crippen molar-refractivity contribution in [3.8, 4) is 0 Å². The summed E-state index contributed by atoms with van der Waals surface area (Å²) in [6, 6.07) is -0.524. The molecule has 0 radical (unpaired) electrons. The van der Waals surface area contributed by atoms with Crippen molar-refractivity contribution in [2.45, 2.75) is 70.5 Å². The van der Waals surface area contributed by atoms with Crippen LogP contribution in [0.5, 0.6) is 0 Å². The number of nitrogens with one attached hydrogen (secondary N) is 1. The summed E-state index contributed by atoms with van der Waals surface area (Å²) >= 11 is 0. The Labute approximate surface area is 120 Å². The topological polar surface area (TPSA) is 69.6 Å². The predicted octanol–water partition coefficient (Wildman–Crippen LogP) is 1.62. The molecule has 2 N–H and O–H groups in total. The van der Waals surface area contributed by atoms with Crippen molar-refractivity contribution in [1.82, 2.24) is 10.2 Å². The fourth-order valence-electron chi connectivity index (χ4n) is 3.81. The number of likely N-dealkylation sites (tertiary alicyclic amines) is 1. The first kappa shape index (κ1) is 15.3. The summed E-state index contributed by atoms with van der Waals surface area (Å²) in [5, 5.41) is 12.6. The molecule has 20 heavy (non-hydrogen) atoms. The Kier molecular flexibility index (Phi) is 4.37. The van der Waals surface area contributed by atoms with Crippen molar-refractivity contribution in [3.63, 3.8) is 0 Å². The maximum Gasteiger partial charge on any atom is 0.326 e. The van der Waals surface area contributed by atoms with E-state index in [2.05, 4.69) is 5.32 Å². The standard InChI is InChI=1S/C15H26N2O3/c1-4-16-15(2,3)14(20)17-11-8-6-5-7-10(11)9-12(17)13(18)19/h10-12,16H,4-9H2,1-3H3,(H,18,19). The molecule has 3 unspecified atom stereocenters. The van der Waals surface area contributed by atoms with Crippen molar-refractivity contribution >= 4 is 11.9 Å². The van der Waals surface area contributed by atoms with E-state index >= 15 is 0 Å². The SMILES string of the molecule is CCNC(C)(C)C(=O)N1C(C(=O)O)CC2CCCCC21. The molecule has 1 heterocycles. The van der Waals surface area contributed by atoms with Crippen LogP contribution in [0.1, 0.15) is 52.9 Å². The van der Waals surface area contributed by atoms with Gasteiger partial charge in [0, 0.05) is 6.04 Å². The molecule has 2 aliphatic rings. The maximum absolute atomic E-state index is 12.8. The normalized spacial score (nSPS) is 30.1. The minimum atomic E-state index is -0.861. The monoisotopic (exact) mass is 282 g/mol. The first-order valence-corrected chi connectivity index (χ1v) is 7.69. The number of nitrogens with zero attached hydrogens (tertiary/aromatic N) is 1. The molecule has 2 rings (SSSR count). The van der Waals surface area contributed by atoms with E-state index in [0.717, 1.165) is 25.7 Å². The number of amides is 1. The van der Waals surface area contributed by atoms with Crippen LogP contribution in [0.2, 0.25) is 0 Å². The molecule has 0 aromatic heterocycles. The van der Waals surface area contributed by atoms with E-state index in [0.29, 0.717) is 18.9 Å². The van der Waals surface area contributed by atoms with Gasteiger partial charge in [0.1, 0.15) is 6.04 Å². The number of carboxylic acids is 1. The fraction of sp³-hybridized carbons (Fsp3) is 0.867. The second-order valence-corrected chi connectivity index (χ2v) is 6.57. The van der Waals surface area contributed by atoms with Crippen LogP contribution >= 0.6 is 0 Å². The summed E-state index contributed by atoms with van der Waals surface area (Å²) in [5.74, 6) is -0.563.